The fraction of sp³-hybridized carbons (Fsp3) is 0.478. The number of aryl methyl sites for hydroxylation is 1. The predicted octanol–water partition coefficient (Wildman–Crippen LogP) is 5.10. The number of unbranched alkanes of at least 4 members (excludes halogenated alkanes) is 2. The molecule has 2 rings (SSSR count). The Hall–Kier alpha value is -2.25. The van der Waals surface area contributed by atoms with Gasteiger partial charge in [0.25, 0.3) is 0 Å². The van der Waals surface area contributed by atoms with Crippen molar-refractivity contribution in [2.45, 2.75) is 57.8 Å². The van der Waals surface area contributed by atoms with Gasteiger partial charge in [-0.25, -0.2) is 13.6 Å². The summed E-state index contributed by atoms with van der Waals surface area (Å²) in [5, 5.41) is 5.61. The van der Waals surface area contributed by atoms with E-state index in [9.17, 15) is 8.42 Å². The van der Waals surface area contributed by atoms with Gasteiger partial charge in [0.1, 0.15) is 16.4 Å². The molecule has 0 atom stereocenters. The van der Waals surface area contributed by atoms with Gasteiger partial charge in [0, 0.05) is 19.2 Å². The number of nitrogens with zero attached hydrogens (tertiary/aromatic N) is 1. The molecule has 6 nitrogen and oxygen atoms in total. The van der Waals surface area contributed by atoms with Gasteiger partial charge in [0.15, 0.2) is 5.75 Å². The largest absolute Gasteiger partial charge is 0.497 e. The Morgan fingerprint density at radius 2 is 1.60 bits per heavy atom. The van der Waals surface area contributed by atoms with E-state index >= 15 is 0 Å². The minimum atomic E-state index is -3.98. The van der Waals surface area contributed by atoms with E-state index in [4.69, 9.17) is 14.6 Å². The fourth-order valence-corrected chi connectivity index (χ4v) is 3.95. The second kappa shape index (κ2) is 11.2. The van der Waals surface area contributed by atoms with E-state index in [1.165, 1.54) is 0 Å². The Morgan fingerprint density at radius 1 is 0.967 bits per heavy atom. The lowest BCUT2D eigenvalue weighted by Crippen LogP contribution is -2.27. The molecule has 0 saturated heterocycles. The minimum Gasteiger partial charge on any atom is -0.497 e. The second-order valence-corrected chi connectivity index (χ2v) is 8.85. The lowest BCUT2D eigenvalue weighted by molar-refractivity contribution is 0.408. The maximum absolute atomic E-state index is 12.5. The Morgan fingerprint density at radius 3 is 2.13 bits per heavy atom. The summed E-state index contributed by atoms with van der Waals surface area (Å²) in [6.45, 7) is 7.93. The molecule has 30 heavy (non-hydrogen) atoms. The van der Waals surface area contributed by atoms with E-state index in [0.29, 0.717) is 17.9 Å². The van der Waals surface area contributed by atoms with E-state index in [2.05, 4.69) is 18.7 Å². The number of hydrogen-bond donors (Lipinski definition) is 1. The number of nitrogens with two attached hydrogens (primary N) is 1. The van der Waals surface area contributed by atoms with Crippen molar-refractivity contribution >= 4 is 15.7 Å². The van der Waals surface area contributed by atoms with Gasteiger partial charge >= 0.3 is 0 Å². The average Bonchev–Trinajstić information content (AvgIpc) is 2.73. The highest BCUT2D eigenvalue weighted by atomic mass is 32.2. The van der Waals surface area contributed by atoms with Gasteiger partial charge < -0.3 is 14.4 Å². The molecule has 0 unspecified atom stereocenters. The van der Waals surface area contributed by atoms with Gasteiger partial charge in [-0.15, -0.1) is 0 Å². The van der Waals surface area contributed by atoms with Crippen molar-refractivity contribution in [3.05, 3.63) is 42.0 Å². The van der Waals surface area contributed by atoms with Crippen LogP contribution in [-0.2, 0) is 16.4 Å². The molecule has 0 heterocycles. The molecule has 0 aliphatic carbocycles. The van der Waals surface area contributed by atoms with E-state index in [1.54, 1.807) is 31.4 Å². The normalized spacial score (nSPS) is 11.4. The van der Waals surface area contributed by atoms with Crippen molar-refractivity contribution in [3.8, 4) is 17.2 Å². The molecular weight excluding hydrogens is 400 g/mol. The number of rotatable bonds is 12. The summed E-state index contributed by atoms with van der Waals surface area (Å²) in [4.78, 5) is 2.23. The van der Waals surface area contributed by atoms with Crippen molar-refractivity contribution < 1.29 is 17.9 Å². The van der Waals surface area contributed by atoms with Gasteiger partial charge in [0.2, 0.25) is 10.0 Å². The Kier molecular flexibility index (Phi) is 8.99. The monoisotopic (exact) mass is 434 g/mol. The third-order valence-electron chi connectivity index (χ3n) is 4.97. The number of ether oxygens (including phenoxy) is 2. The SMILES string of the molecule is CCCCN(CCCC)c1cc(CC)cc(S(N)(=O)=O)c1Oc1cccc(OC)c1. The van der Waals surface area contributed by atoms with Crippen molar-refractivity contribution in [2.24, 2.45) is 5.14 Å². The van der Waals surface area contributed by atoms with E-state index < -0.39 is 10.0 Å². The smallest absolute Gasteiger partial charge is 0.241 e. The van der Waals surface area contributed by atoms with E-state index in [1.807, 2.05) is 19.1 Å². The summed E-state index contributed by atoms with van der Waals surface area (Å²) in [6, 6.07) is 10.8. The third-order valence-corrected chi connectivity index (χ3v) is 5.89. The summed E-state index contributed by atoms with van der Waals surface area (Å²) in [5.41, 5.74) is 1.67. The van der Waals surface area contributed by atoms with Crippen LogP contribution in [-0.4, -0.2) is 28.6 Å². The van der Waals surface area contributed by atoms with Crippen LogP contribution in [0.1, 0.15) is 52.0 Å². The van der Waals surface area contributed by atoms with E-state index in [-0.39, 0.29) is 10.6 Å². The number of benzene rings is 2. The Bertz CT molecular complexity index is 921. The highest BCUT2D eigenvalue weighted by Crippen LogP contribution is 2.40. The molecule has 7 heteroatoms. The zero-order valence-corrected chi connectivity index (χ0v) is 19.3. The maximum Gasteiger partial charge on any atom is 0.241 e. The maximum atomic E-state index is 12.5. The number of methoxy groups -OCH3 is 1. The Balaban J connectivity index is 2.66. The zero-order valence-electron chi connectivity index (χ0n) is 18.5. The minimum absolute atomic E-state index is 0.0117. The van der Waals surface area contributed by atoms with Crippen molar-refractivity contribution in [3.63, 3.8) is 0 Å². The molecule has 0 bridgehead atoms. The molecule has 0 amide bonds. The van der Waals surface area contributed by atoms with Crippen LogP contribution in [0.25, 0.3) is 0 Å². The molecule has 0 aliphatic rings. The standard InChI is InChI=1S/C23H34N2O4S/c1-5-8-13-25(14-9-6-2)21-15-18(7-3)16-22(30(24,26)27)23(21)29-20-12-10-11-19(17-20)28-4/h10-12,15-17H,5-9,13-14H2,1-4H3,(H2,24,26,27). The van der Waals surface area contributed by atoms with Crippen LogP contribution in [0.2, 0.25) is 0 Å². The van der Waals surface area contributed by atoms with Crippen LogP contribution < -0.4 is 19.5 Å². The lowest BCUT2D eigenvalue weighted by Gasteiger charge is -2.28. The zero-order chi connectivity index (χ0) is 22.1. The first-order valence-electron chi connectivity index (χ1n) is 10.6. The van der Waals surface area contributed by atoms with Gasteiger partial charge in [-0.05, 0) is 49.1 Å². The number of sulfonamides is 1. The number of primary sulfonamides is 1. The quantitative estimate of drug-likeness (QED) is 0.502. The van der Waals surface area contributed by atoms with Crippen LogP contribution in [0, 0.1) is 0 Å². The summed E-state index contributed by atoms with van der Waals surface area (Å²) in [7, 11) is -2.40. The van der Waals surface area contributed by atoms with Gasteiger partial charge in [-0.3, -0.25) is 0 Å². The molecule has 2 aromatic carbocycles. The predicted molar refractivity (Wildman–Crippen MR) is 122 cm³/mol. The first-order valence-corrected chi connectivity index (χ1v) is 12.1. The molecule has 0 aromatic heterocycles. The number of hydrogen-bond acceptors (Lipinski definition) is 5. The highest BCUT2D eigenvalue weighted by Gasteiger charge is 2.24. The summed E-state index contributed by atoms with van der Waals surface area (Å²) >= 11 is 0. The third kappa shape index (κ3) is 6.37. The van der Waals surface area contributed by atoms with Crippen LogP contribution in [0.5, 0.6) is 17.2 Å². The van der Waals surface area contributed by atoms with Crippen LogP contribution in [0.4, 0.5) is 5.69 Å². The lowest BCUT2D eigenvalue weighted by atomic mass is 10.1. The molecule has 0 radical (unpaired) electrons. The van der Waals surface area contributed by atoms with E-state index in [0.717, 1.165) is 50.0 Å². The van der Waals surface area contributed by atoms with Gasteiger partial charge in [-0.1, -0.05) is 39.7 Å². The number of anilines is 1. The topological polar surface area (TPSA) is 81.9 Å². The molecule has 0 spiro atoms. The van der Waals surface area contributed by atoms with Crippen molar-refractivity contribution in [1.29, 1.82) is 0 Å². The van der Waals surface area contributed by atoms with Crippen molar-refractivity contribution in [1.82, 2.24) is 0 Å². The van der Waals surface area contributed by atoms with Crippen LogP contribution >= 0.6 is 0 Å². The average molecular weight is 435 g/mol. The molecule has 2 aromatic rings. The first kappa shape index (κ1) is 24.0. The highest BCUT2D eigenvalue weighted by molar-refractivity contribution is 7.89. The van der Waals surface area contributed by atoms with Crippen molar-refractivity contribution in [2.75, 3.05) is 25.1 Å². The summed E-state index contributed by atoms with van der Waals surface area (Å²) in [6.07, 6.45) is 4.80. The molecule has 0 fully saturated rings. The molecule has 166 valence electrons. The van der Waals surface area contributed by atoms with Crippen LogP contribution in [0.15, 0.2) is 41.3 Å². The fourth-order valence-electron chi connectivity index (χ4n) is 3.23. The Labute approximate surface area is 181 Å². The summed E-state index contributed by atoms with van der Waals surface area (Å²) < 4.78 is 36.4. The molecule has 0 aliphatic heterocycles. The second-order valence-electron chi connectivity index (χ2n) is 7.32. The molecule has 2 N–H and O–H groups in total. The van der Waals surface area contributed by atoms with Gasteiger partial charge in [0.05, 0.1) is 12.8 Å². The van der Waals surface area contributed by atoms with Crippen LogP contribution in [0.3, 0.4) is 0 Å². The first-order chi connectivity index (χ1) is 14.3. The van der Waals surface area contributed by atoms with Gasteiger partial charge in [-0.2, -0.15) is 0 Å². The molecule has 0 saturated carbocycles. The molecular formula is C23H34N2O4S. The summed E-state index contributed by atoms with van der Waals surface area (Å²) in [5.74, 6) is 1.40.